The molecule has 0 spiro atoms. The van der Waals surface area contributed by atoms with E-state index in [2.05, 4.69) is 36.2 Å². The molecule has 1 rings (SSSR count). The quantitative estimate of drug-likeness (QED) is 0.790. The molecule has 0 saturated heterocycles. The largest absolute Gasteiger partial charge is 0.374 e. The van der Waals surface area contributed by atoms with Crippen LogP contribution in [0.4, 0.5) is 0 Å². The average Bonchev–Trinajstić information content (AvgIpc) is 2.76. The number of aromatic nitrogens is 2. The highest BCUT2D eigenvalue weighted by Gasteiger charge is 2.18. The number of nitrogens with one attached hydrogen (secondary N) is 1. The van der Waals surface area contributed by atoms with Gasteiger partial charge in [0.15, 0.2) is 5.82 Å². The van der Waals surface area contributed by atoms with E-state index in [9.17, 15) is 0 Å². The van der Waals surface area contributed by atoms with Crippen molar-refractivity contribution in [1.82, 2.24) is 15.5 Å². The molecule has 0 aliphatic heterocycles. The topological polar surface area (TPSA) is 60.2 Å². The number of methoxy groups -OCH3 is 1. The van der Waals surface area contributed by atoms with Crippen molar-refractivity contribution in [2.75, 3.05) is 13.7 Å². The molecule has 5 heteroatoms. The highest BCUT2D eigenvalue weighted by molar-refractivity contribution is 4.92. The Bertz CT molecular complexity index is 325. The molecule has 1 heterocycles. The third-order valence-electron chi connectivity index (χ3n) is 2.87. The molecule has 5 nitrogen and oxygen atoms in total. The van der Waals surface area contributed by atoms with E-state index >= 15 is 0 Å². The summed E-state index contributed by atoms with van der Waals surface area (Å²) in [7, 11) is 1.64. The lowest BCUT2D eigenvalue weighted by Crippen LogP contribution is -2.35. The van der Waals surface area contributed by atoms with Crippen molar-refractivity contribution in [1.29, 1.82) is 0 Å². The second kappa shape index (κ2) is 6.71. The smallest absolute Gasteiger partial charge is 0.228 e. The highest BCUT2D eigenvalue weighted by atomic mass is 16.5. The molecule has 1 N–H and O–H groups in total. The molecule has 0 radical (unpaired) electrons. The molecule has 17 heavy (non-hydrogen) atoms. The van der Waals surface area contributed by atoms with Crippen LogP contribution in [-0.2, 0) is 11.2 Å². The monoisotopic (exact) mass is 241 g/mol. The zero-order valence-electron chi connectivity index (χ0n) is 11.4. The van der Waals surface area contributed by atoms with Crippen LogP contribution in [0.1, 0.15) is 45.5 Å². The van der Waals surface area contributed by atoms with Crippen LogP contribution in [0, 0.1) is 5.92 Å². The first kappa shape index (κ1) is 14.1. The van der Waals surface area contributed by atoms with Crippen LogP contribution >= 0.6 is 0 Å². The SMILES string of the molecule is CCNC(Cc1nc(C(C)OC)no1)C(C)C. The minimum Gasteiger partial charge on any atom is -0.374 e. The van der Waals surface area contributed by atoms with Gasteiger partial charge in [0, 0.05) is 19.6 Å². The van der Waals surface area contributed by atoms with Crippen LogP contribution in [0.3, 0.4) is 0 Å². The van der Waals surface area contributed by atoms with Crippen molar-refractivity contribution < 1.29 is 9.26 Å². The molecule has 0 aliphatic rings. The van der Waals surface area contributed by atoms with Gasteiger partial charge in [-0.2, -0.15) is 4.98 Å². The summed E-state index contributed by atoms with van der Waals surface area (Å²) in [6.07, 6.45) is 0.638. The van der Waals surface area contributed by atoms with E-state index in [-0.39, 0.29) is 6.10 Å². The minimum atomic E-state index is -0.121. The lowest BCUT2D eigenvalue weighted by molar-refractivity contribution is 0.109. The normalized spacial score (nSPS) is 15.2. The van der Waals surface area contributed by atoms with E-state index in [1.54, 1.807) is 7.11 Å². The summed E-state index contributed by atoms with van der Waals surface area (Å²) in [6.45, 7) is 9.31. The third-order valence-corrected chi connectivity index (χ3v) is 2.87. The third kappa shape index (κ3) is 4.09. The second-order valence-electron chi connectivity index (χ2n) is 4.54. The lowest BCUT2D eigenvalue weighted by Gasteiger charge is -2.19. The fourth-order valence-corrected chi connectivity index (χ4v) is 1.62. The molecule has 0 amide bonds. The van der Waals surface area contributed by atoms with Gasteiger partial charge in [-0.15, -0.1) is 0 Å². The minimum absolute atomic E-state index is 0.121. The summed E-state index contributed by atoms with van der Waals surface area (Å²) in [4.78, 5) is 4.34. The van der Waals surface area contributed by atoms with Crippen molar-refractivity contribution in [3.8, 4) is 0 Å². The maximum absolute atomic E-state index is 5.23. The number of nitrogens with zero attached hydrogens (tertiary/aromatic N) is 2. The summed E-state index contributed by atoms with van der Waals surface area (Å²) < 4.78 is 10.4. The number of hydrogen-bond acceptors (Lipinski definition) is 5. The summed E-state index contributed by atoms with van der Waals surface area (Å²) in [5.74, 6) is 1.82. The Morgan fingerprint density at radius 1 is 1.35 bits per heavy atom. The summed E-state index contributed by atoms with van der Waals surface area (Å²) in [6, 6.07) is 0.367. The predicted octanol–water partition coefficient (Wildman–Crippen LogP) is 1.95. The molecule has 1 aromatic heterocycles. The summed E-state index contributed by atoms with van der Waals surface area (Å²) in [5, 5.41) is 7.34. The first-order chi connectivity index (χ1) is 8.08. The lowest BCUT2D eigenvalue weighted by atomic mass is 10.0. The molecule has 0 aromatic carbocycles. The first-order valence-corrected chi connectivity index (χ1v) is 6.17. The van der Waals surface area contributed by atoms with Gasteiger partial charge in [0.05, 0.1) is 0 Å². The molecule has 1 aromatic rings. The molecule has 0 bridgehead atoms. The molecular weight excluding hydrogens is 218 g/mol. The van der Waals surface area contributed by atoms with Crippen LogP contribution < -0.4 is 5.32 Å². The van der Waals surface area contributed by atoms with Crippen molar-refractivity contribution in [3.05, 3.63) is 11.7 Å². The van der Waals surface area contributed by atoms with E-state index in [1.807, 2.05) is 6.92 Å². The second-order valence-corrected chi connectivity index (χ2v) is 4.54. The summed E-state index contributed by atoms with van der Waals surface area (Å²) in [5.41, 5.74) is 0. The van der Waals surface area contributed by atoms with Crippen molar-refractivity contribution in [2.24, 2.45) is 5.92 Å². The van der Waals surface area contributed by atoms with Crippen LogP contribution in [0.5, 0.6) is 0 Å². The number of likely N-dealkylation sites (N-methyl/N-ethyl adjacent to an activating group) is 1. The van der Waals surface area contributed by atoms with E-state index in [0.29, 0.717) is 23.7 Å². The molecule has 0 fully saturated rings. The van der Waals surface area contributed by atoms with E-state index < -0.39 is 0 Å². The van der Waals surface area contributed by atoms with Crippen molar-refractivity contribution in [2.45, 2.75) is 46.3 Å². The Labute approximate surface area is 103 Å². The van der Waals surface area contributed by atoms with Crippen LogP contribution in [-0.4, -0.2) is 29.8 Å². The Balaban J connectivity index is 2.63. The maximum atomic E-state index is 5.23. The van der Waals surface area contributed by atoms with Crippen molar-refractivity contribution in [3.63, 3.8) is 0 Å². The highest BCUT2D eigenvalue weighted by Crippen LogP contribution is 2.14. The van der Waals surface area contributed by atoms with Crippen LogP contribution in [0.15, 0.2) is 4.52 Å². The zero-order chi connectivity index (χ0) is 12.8. The molecule has 98 valence electrons. The number of ether oxygens (including phenoxy) is 1. The van der Waals surface area contributed by atoms with Gasteiger partial charge in [-0.1, -0.05) is 25.9 Å². The van der Waals surface area contributed by atoms with Gasteiger partial charge in [0.1, 0.15) is 6.10 Å². The first-order valence-electron chi connectivity index (χ1n) is 6.17. The Morgan fingerprint density at radius 3 is 2.59 bits per heavy atom. The Morgan fingerprint density at radius 2 is 2.06 bits per heavy atom. The zero-order valence-corrected chi connectivity index (χ0v) is 11.4. The van der Waals surface area contributed by atoms with E-state index in [4.69, 9.17) is 9.26 Å². The number of hydrogen-bond donors (Lipinski definition) is 1. The Kier molecular flexibility index (Phi) is 5.58. The van der Waals surface area contributed by atoms with Gasteiger partial charge in [0.25, 0.3) is 0 Å². The summed E-state index contributed by atoms with van der Waals surface area (Å²) >= 11 is 0. The molecule has 2 atom stereocenters. The molecule has 0 aliphatic carbocycles. The maximum Gasteiger partial charge on any atom is 0.228 e. The molecule has 0 saturated carbocycles. The van der Waals surface area contributed by atoms with Crippen LogP contribution in [0.25, 0.3) is 0 Å². The van der Waals surface area contributed by atoms with E-state index in [0.717, 1.165) is 13.0 Å². The molecule has 2 unspecified atom stereocenters. The van der Waals surface area contributed by atoms with Crippen molar-refractivity contribution >= 4 is 0 Å². The number of rotatable bonds is 7. The van der Waals surface area contributed by atoms with Gasteiger partial charge in [0.2, 0.25) is 5.89 Å². The average molecular weight is 241 g/mol. The van der Waals surface area contributed by atoms with Gasteiger partial charge >= 0.3 is 0 Å². The van der Waals surface area contributed by atoms with Gasteiger partial charge in [-0.05, 0) is 19.4 Å². The van der Waals surface area contributed by atoms with Gasteiger partial charge in [-0.3, -0.25) is 0 Å². The predicted molar refractivity (Wildman–Crippen MR) is 65.7 cm³/mol. The van der Waals surface area contributed by atoms with Crippen LogP contribution in [0.2, 0.25) is 0 Å². The standard InChI is InChI=1S/C12H23N3O2/c1-6-13-10(8(2)3)7-11-14-12(15-17-11)9(4)16-5/h8-10,13H,6-7H2,1-5H3. The fraction of sp³-hybridized carbons (Fsp3) is 0.833. The van der Waals surface area contributed by atoms with E-state index in [1.165, 1.54) is 0 Å². The Hall–Kier alpha value is -0.940. The van der Waals surface area contributed by atoms with Gasteiger partial charge < -0.3 is 14.6 Å². The fourth-order valence-electron chi connectivity index (χ4n) is 1.62. The van der Waals surface area contributed by atoms with Gasteiger partial charge in [-0.25, -0.2) is 0 Å². The molecular formula is C12H23N3O2.